The van der Waals surface area contributed by atoms with Crippen LogP contribution in [0, 0.1) is 11.8 Å². The lowest BCUT2D eigenvalue weighted by atomic mass is 10.1. The Labute approximate surface area is 131 Å². The third-order valence-corrected chi connectivity index (χ3v) is 5.03. The molecule has 5 heteroatoms. The Balaban J connectivity index is 1.71. The molecule has 1 aliphatic heterocycles. The normalized spacial score (nSPS) is 19.2. The van der Waals surface area contributed by atoms with E-state index < -0.39 is 0 Å². The summed E-state index contributed by atoms with van der Waals surface area (Å²) in [4.78, 5) is 13.1. The number of rotatable bonds is 7. The number of carbonyl (C=O) groups excluding carboxylic acids is 1. The van der Waals surface area contributed by atoms with Crippen LogP contribution >= 0.6 is 11.8 Å². The van der Waals surface area contributed by atoms with Gasteiger partial charge in [-0.3, -0.25) is 4.79 Å². The second-order valence-corrected chi connectivity index (χ2v) is 6.56. The van der Waals surface area contributed by atoms with Crippen molar-refractivity contribution in [2.45, 2.75) is 18.2 Å². The van der Waals surface area contributed by atoms with Gasteiger partial charge in [0.2, 0.25) is 5.91 Å². The van der Waals surface area contributed by atoms with E-state index in [0.717, 1.165) is 42.5 Å². The Morgan fingerprint density at radius 2 is 2.33 bits per heavy atom. The van der Waals surface area contributed by atoms with E-state index in [4.69, 9.17) is 4.74 Å². The number of methoxy groups -OCH3 is 1. The lowest BCUT2D eigenvalue weighted by molar-refractivity contribution is -0.124. The molecule has 1 saturated heterocycles. The number of benzene rings is 1. The average molecular weight is 308 g/mol. The molecular weight excluding hydrogens is 284 g/mol. The van der Waals surface area contributed by atoms with E-state index >= 15 is 0 Å². The molecule has 116 valence electrons. The molecule has 1 aliphatic rings. The summed E-state index contributed by atoms with van der Waals surface area (Å²) in [5.41, 5.74) is 0. The van der Waals surface area contributed by atoms with E-state index in [9.17, 15) is 4.79 Å². The quantitative estimate of drug-likeness (QED) is 0.758. The Morgan fingerprint density at radius 3 is 3.05 bits per heavy atom. The van der Waals surface area contributed by atoms with E-state index in [1.54, 1.807) is 18.9 Å². The summed E-state index contributed by atoms with van der Waals surface area (Å²) >= 11 is 1.77. The highest BCUT2D eigenvalue weighted by atomic mass is 32.2. The van der Waals surface area contributed by atoms with Crippen molar-refractivity contribution in [3.8, 4) is 5.75 Å². The van der Waals surface area contributed by atoms with Crippen molar-refractivity contribution >= 4 is 17.7 Å². The highest BCUT2D eigenvalue weighted by Gasteiger charge is 2.22. The number of hydrogen-bond donors (Lipinski definition) is 2. The average Bonchev–Trinajstić information content (AvgIpc) is 3.05. The van der Waals surface area contributed by atoms with Crippen LogP contribution in [-0.4, -0.2) is 38.4 Å². The summed E-state index contributed by atoms with van der Waals surface area (Å²) in [7, 11) is 1.69. The summed E-state index contributed by atoms with van der Waals surface area (Å²) in [6.45, 7) is 4.67. The van der Waals surface area contributed by atoms with E-state index in [0.29, 0.717) is 5.92 Å². The zero-order valence-corrected chi connectivity index (χ0v) is 13.5. The first-order valence-electron chi connectivity index (χ1n) is 7.45. The van der Waals surface area contributed by atoms with Gasteiger partial charge in [-0.05, 0) is 31.0 Å². The number of carbonyl (C=O) groups is 1. The molecule has 2 rings (SSSR count). The second-order valence-electron chi connectivity index (χ2n) is 5.50. The Kier molecular flexibility index (Phi) is 6.39. The van der Waals surface area contributed by atoms with Crippen LogP contribution in [0.15, 0.2) is 29.2 Å². The van der Waals surface area contributed by atoms with Crippen LogP contribution < -0.4 is 15.4 Å². The molecule has 0 bridgehead atoms. The van der Waals surface area contributed by atoms with E-state index in [1.807, 2.05) is 18.2 Å². The van der Waals surface area contributed by atoms with Gasteiger partial charge < -0.3 is 15.4 Å². The van der Waals surface area contributed by atoms with Gasteiger partial charge in [-0.25, -0.2) is 0 Å². The molecule has 2 unspecified atom stereocenters. The number of ether oxygens (including phenoxy) is 1. The SMILES string of the molecule is COc1ccccc1SCC(C)CNC(=O)C1CCNC1. The maximum Gasteiger partial charge on any atom is 0.224 e. The first kappa shape index (κ1) is 16.2. The van der Waals surface area contributed by atoms with Gasteiger partial charge in [0.15, 0.2) is 0 Å². The van der Waals surface area contributed by atoms with Gasteiger partial charge in [0.05, 0.1) is 13.0 Å². The first-order valence-corrected chi connectivity index (χ1v) is 8.43. The van der Waals surface area contributed by atoms with Crippen LogP contribution in [0.25, 0.3) is 0 Å². The molecule has 21 heavy (non-hydrogen) atoms. The standard InChI is InChI=1S/C16H24N2O2S/c1-12(9-18-16(19)13-7-8-17-10-13)11-21-15-6-4-3-5-14(15)20-2/h3-6,12-13,17H,7-11H2,1-2H3,(H,18,19). The van der Waals surface area contributed by atoms with Crippen molar-refractivity contribution < 1.29 is 9.53 Å². The van der Waals surface area contributed by atoms with Gasteiger partial charge in [0.1, 0.15) is 5.75 Å². The molecule has 1 amide bonds. The minimum absolute atomic E-state index is 0.152. The number of hydrogen-bond acceptors (Lipinski definition) is 4. The lowest BCUT2D eigenvalue weighted by Crippen LogP contribution is -2.35. The molecule has 1 aromatic carbocycles. The summed E-state index contributed by atoms with van der Waals surface area (Å²) in [5.74, 6) is 2.64. The molecule has 0 radical (unpaired) electrons. The van der Waals surface area contributed by atoms with Crippen molar-refractivity contribution in [3.05, 3.63) is 24.3 Å². The van der Waals surface area contributed by atoms with Crippen LogP contribution in [-0.2, 0) is 4.79 Å². The molecule has 0 aromatic heterocycles. The van der Waals surface area contributed by atoms with E-state index in [1.165, 1.54) is 0 Å². The van der Waals surface area contributed by atoms with Crippen LogP contribution in [0.4, 0.5) is 0 Å². The third-order valence-electron chi connectivity index (χ3n) is 3.65. The molecule has 1 aromatic rings. The van der Waals surface area contributed by atoms with Crippen molar-refractivity contribution in [2.24, 2.45) is 11.8 Å². The van der Waals surface area contributed by atoms with Gasteiger partial charge in [0, 0.05) is 23.7 Å². The van der Waals surface area contributed by atoms with Crippen molar-refractivity contribution in [1.82, 2.24) is 10.6 Å². The molecule has 0 spiro atoms. The Bertz CT molecular complexity index is 461. The molecule has 0 saturated carbocycles. The minimum atomic E-state index is 0.152. The number of amides is 1. The summed E-state index contributed by atoms with van der Waals surface area (Å²) in [5, 5.41) is 6.29. The molecule has 2 atom stereocenters. The largest absolute Gasteiger partial charge is 0.496 e. The van der Waals surface area contributed by atoms with E-state index in [-0.39, 0.29) is 11.8 Å². The molecular formula is C16H24N2O2S. The first-order chi connectivity index (χ1) is 10.2. The monoisotopic (exact) mass is 308 g/mol. The van der Waals surface area contributed by atoms with Gasteiger partial charge in [-0.2, -0.15) is 0 Å². The molecule has 1 heterocycles. The summed E-state index contributed by atoms with van der Waals surface area (Å²) in [6, 6.07) is 8.04. The van der Waals surface area contributed by atoms with Gasteiger partial charge in [-0.15, -0.1) is 11.8 Å². The minimum Gasteiger partial charge on any atom is -0.496 e. The van der Waals surface area contributed by atoms with Crippen molar-refractivity contribution in [2.75, 3.05) is 32.5 Å². The lowest BCUT2D eigenvalue weighted by Gasteiger charge is -2.15. The predicted molar refractivity (Wildman–Crippen MR) is 86.9 cm³/mol. The smallest absolute Gasteiger partial charge is 0.224 e. The van der Waals surface area contributed by atoms with E-state index in [2.05, 4.69) is 23.6 Å². The third kappa shape index (κ3) is 4.93. The van der Waals surface area contributed by atoms with Crippen LogP contribution in [0.2, 0.25) is 0 Å². The molecule has 0 aliphatic carbocycles. The van der Waals surface area contributed by atoms with Crippen LogP contribution in [0.1, 0.15) is 13.3 Å². The second kappa shape index (κ2) is 8.29. The predicted octanol–water partition coefficient (Wildman–Crippen LogP) is 2.15. The maximum atomic E-state index is 11.9. The van der Waals surface area contributed by atoms with Crippen LogP contribution in [0.5, 0.6) is 5.75 Å². The zero-order valence-electron chi connectivity index (χ0n) is 12.7. The summed E-state index contributed by atoms with van der Waals surface area (Å²) in [6.07, 6.45) is 0.955. The molecule has 2 N–H and O–H groups in total. The highest BCUT2D eigenvalue weighted by molar-refractivity contribution is 7.99. The van der Waals surface area contributed by atoms with Crippen molar-refractivity contribution in [3.63, 3.8) is 0 Å². The maximum absolute atomic E-state index is 11.9. The van der Waals surface area contributed by atoms with Crippen LogP contribution in [0.3, 0.4) is 0 Å². The number of nitrogens with one attached hydrogen (secondary N) is 2. The van der Waals surface area contributed by atoms with Gasteiger partial charge >= 0.3 is 0 Å². The molecule has 4 nitrogen and oxygen atoms in total. The zero-order chi connectivity index (χ0) is 15.1. The van der Waals surface area contributed by atoms with Gasteiger partial charge in [-0.1, -0.05) is 19.1 Å². The van der Waals surface area contributed by atoms with Gasteiger partial charge in [0.25, 0.3) is 0 Å². The molecule has 1 fully saturated rings. The highest BCUT2D eigenvalue weighted by Crippen LogP contribution is 2.29. The fraction of sp³-hybridized carbons (Fsp3) is 0.562. The fourth-order valence-electron chi connectivity index (χ4n) is 2.33. The Hall–Kier alpha value is -1.20. The number of para-hydroxylation sites is 1. The van der Waals surface area contributed by atoms with Crippen molar-refractivity contribution in [1.29, 1.82) is 0 Å². The number of thioether (sulfide) groups is 1. The topological polar surface area (TPSA) is 50.4 Å². The summed E-state index contributed by atoms with van der Waals surface area (Å²) < 4.78 is 5.35. The Morgan fingerprint density at radius 1 is 1.52 bits per heavy atom. The fourth-order valence-corrected chi connectivity index (χ4v) is 3.38.